The standard InChI is InChI=1S/5C5H10.2CH4O/c5*1-2-4-5-3-1;2*1-2/h5*1-5H2;2*2H,1H3. The quantitative estimate of drug-likeness (QED) is 0.415. The van der Waals surface area contributed by atoms with Gasteiger partial charge in [0.05, 0.1) is 0 Å². The largest absolute Gasteiger partial charge is 0.400 e. The van der Waals surface area contributed by atoms with Crippen molar-refractivity contribution in [1.29, 1.82) is 0 Å². The zero-order valence-corrected chi connectivity index (χ0v) is 20.6. The Hall–Kier alpha value is -0.0800. The minimum atomic E-state index is 1.00. The summed E-state index contributed by atoms with van der Waals surface area (Å²) in [7, 11) is 2.00. The summed E-state index contributed by atoms with van der Waals surface area (Å²) in [5.74, 6) is 0. The van der Waals surface area contributed by atoms with Crippen LogP contribution in [0.1, 0.15) is 161 Å². The lowest BCUT2D eigenvalue weighted by Crippen LogP contribution is -1.47. The van der Waals surface area contributed by atoms with Gasteiger partial charge < -0.3 is 10.2 Å². The predicted molar refractivity (Wildman–Crippen MR) is 132 cm³/mol. The molecule has 0 unspecified atom stereocenters. The highest BCUT2D eigenvalue weighted by Crippen LogP contribution is 2.17. The number of aliphatic hydroxyl groups excluding tert-OH is 2. The molecule has 5 saturated carbocycles. The minimum Gasteiger partial charge on any atom is -0.400 e. The summed E-state index contributed by atoms with van der Waals surface area (Å²) in [6, 6.07) is 0. The summed E-state index contributed by atoms with van der Waals surface area (Å²) in [6.45, 7) is 0. The molecule has 5 rings (SSSR count). The lowest BCUT2D eigenvalue weighted by atomic mass is 10.4. The molecule has 2 heteroatoms. The SMILES string of the molecule is C1CCCC1.C1CCCC1.C1CCCC1.C1CCCC1.C1CCCC1.CO.CO. The molecule has 0 amide bonds. The van der Waals surface area contributed by atoms with Gasteiger partial charge in [0.25, 0.3) is 0 Å². The molecular formula is C27H58O2. The van der Waals surface area contributed by atoms with Crippen molar-refractivity contribution in [3.63, 3.8) is 0 Å². The Balaban J connectivity index is 0. The van der Waals surface area contributed by atoms with Gasteiger partial charge >= 0.3 is 0 Å². The Morgan fingerprint density at radius 2 is 0.207 bits per heavy atom. The highest BCUT2D eigenvalue weighted by molar-refractivity contribution is 4.53. The summed E-state index contributed by atoms with van der Waals surface area (Å²) in [5, 5.41) is 14.0. The molecule has 0 bridgehead atoms. The Morgan fingerprint density at radius 1 is 0.172 bits per heavy atom. The lowest BCUT2D eigenvalue weighted by molar-refractivity contribution is 0.399. The van der Waals surface area contributed by atoms with E-state index in [4.69, 9.17) is 10.2 Å². The van der Waals surface area contributed by atoms with Gasteiger partial charge in [-0.3, -0.25) is 0 Å². The first-order valence-electron chi connectivity index (χ1n) is 13.4. The van der Waals surface area contributed by atoms with Crippen LogP contribution in [0.15, 0.2) is 0 Å². The van der Waals surface area contributed by atoms with Crippen molar-refractivity contribution in [2.45, 2.75) is 161 Å². The average Bonchev–Trinajstić information content (AvgIpc) is 3.66. The van der Waals surface area contributed by atoms with Crippen molar-refractivity contribution >= 4 is 0 Å². The first kappa shape index (κ1) is 31.1. The van der Waals surface area contributed by atoms with Crippen LogP contribution in [-0.2, 0) is 0 Å². The fourth-order valence-electron chi connectivity index (χ4n) is 4.42. The van der Waals surface area contributed by atoms with E-state index in [1.807, 2.05) is 0 Å². The number of hydrogen-bond acceptors (Lipinski definition) is 2. The summed E-state index contributed by atoms with van der Waals surface area (Å²) in [4.78, 5) is 0. The van der Waals surface area contributed by atoms with E-state index in [9.17, 15) is 0 Å². The summed E-state index contributed by atoms with van der Waals surface area (Å²) < 4.78 is 0. The number of aliphatic hydroxyl groups is 2. The second-order valence-corrected chi connectivity index (χ2v) is 8.84. The van der Waals surface area contributed by atoms with Crippen molar-refractivity contribution in [3.8, 4) is 0 Å². The zero-order valence-electron chi connectivity index (χ0n) is 20.6. The zero-order chi connectivity index (χ0) is 21.7. The first-order valence-corrected chi connectivity index (χ1v) is 13.4. The van der Waals surface area contributed by atoms with Crippen LogP contribution in [-0.4, -0.2) is 24.4 Å². The van der Waals surface area contributed by atoms with Gasteiger partial charge in [-0.05, 0) is 0 Å². The van der Waals surface area contributed by atoms with Gasteiger partial charge in [-0.1, -0.05) is 161 Å². The second kappa shape index (κ2) is 32.6. The monoisotopic (exact) mass is 414 g/mol. The topological polar surface area (TPSA) is 40.5 Å². The van der Waals surface area contributed by atoms with E-state index in [0.717, 1.165) is 14.2 Å². The smallest absolute Gasteiger partial charge is 0.0319 e. The van der Waals surface area contributed by atoms with Crippen molar-refractivity contribution in [3.05, 3.63) is 0 Å². The van der Waals surface area contributed by atoms with Crippen LogP contribution in [0.4, 0.5) is 0 Å². The maximum absolute atomic E-state index is 7.00. The summed E-state index contributed by atoms with van der Waals surface area (Å²) in [6.07, 6.45) is 37.5. The molecule has 5 aliphatic rings. The van der Waals surface area contributed by atoms with Gasteiger partial charge in [0.1, 0.15) is 0 Å². The first-order chi connectivity index (χ1) is 14.5. The van der Waals surface area contributed by atoms with E-state index in [1.165, 1.54) is 161 Å². The van der Waals surface area contributed by atoms with E-state index in [0.29, 0.717) is 0 Å². The van der Waals surface area contributed by atoms with E-state index in [-0.39, 0.29) is 0 Å². The molecule has 0 aromatic heterocycles. The normalized spacial score (nSPS) is 21.1. The average molecular weight is 415 g/mol. The van der Waals surface area contributed by atoms with Crippen molar-refractivity contribution < 1.29 is 10.2 Å². The fourth-order valence-corrected chi connectivity index (χ4v) is 4.42. The van der Waals surface area contributed by atoms with Crippen LogP contribution in [0.3, 0.4) is 0 Å². The molecule has 5 fully saturated rings. The molecule has 0 aliphatic heterocycles. The molecule has 0 saturated heterocycles. The third-order valence-electron chi connectivity index (χ3n) is 6.25. The van der Waals surface area contributed by atoms with Crippen LogP contribution in [0, 0.1) is 0 Å². The van der Waals surface area contributed by atoms with E-state index in [1.54, 1.807) is 0 Å². The molecule has 0 atom stereocenters. The Kier molecular flexibility index (Phi) is 35.0. The van der Waals surface area contributed by atoms with E-state index in [2.05, 4.69) is 0 Å². The van der Waals surface area contributed by atoms with Gasteiger partial charge in [-0.25, -0.2) is 0 Å². The van der Waals surface area contributed by atoms with Crippen LogP contribution in [0.5, 0.6) is 0 Å². The van der Waals surface area contributed by atoms with E-state index >= 15 is 0 Å². The van der Waals surface area contributed by atoms with Crippen LogP contribution in [0.25, 0.3) is 0 Å². The highest BCUT2D eigenvalue weighted by atomic mass is 16.2. The summed E-state index contributed by atoms with van der Waals surface area (Å²) in [5.41, 5.74) is 0. The molecule has 2 nitrogen and oxygen atoms in total. The van der Waals surface area contributed by atoms with Gasteiger partial charge in [-0.2, -0.15) is 0 Å². The molecule has 2 N–H and O–H groups in total. The molecule has 0 spiro atoms. The highest BCUT2D eigenvalue weighted by Gasteiger charge is 1.97. The van der Waals surface area contributed by atoms with Crippen LogP contribution >= 0.6 is 0 Å². The molecule has 0 heterocycles. The second-order valence-electron chi connectivity index (χ2n) is 8.84. The molecule has 0 aromatic rings. The maximum Gasteiger partial charge on any atom is 0.0319 e. The van der Waals surface area contributed by atoms with Crippen LogP contribution in [0.2, 0.25) is 0 Å². The Bertz CT molecular complexity index is 127. The van der Waals surface area contributed by atoms with Gasteiger partial charge in [0.15, 0.2) is 0 Å². The van der Waals surface area contributed by atoms with Gasteiger partial charge in [-0.15, -0.1) is 0 Å². The Morgan fingerprint density at radius 3 is 0.241 bits per heavy atom. The fraction of sp³-hybridized carbons (Fsp3) is 1.00. The molecule has 29 heavy (non-hydrogen) atoms. The van der Waals surface area contributed by atoms with E-state index < -0.39 is 0 Å². The third kappa shape index (κ3) is 30.2. The lowest BCUT2D eigenvalue weighted by Gasteiger charge is -1.67. The summed E-state index contributed by atoms with van der Waals surface area (Å²) >= 11 is 0. The number of rotatable bonds is 0. The maximum atomic E-state index is 7.00. The predicted octanol–water partition coefficient (Wildman–Crippen LogP) is 8.97. The minimum absolute atomic E-state index is 1.00. The van der Waals surface area contributed by atoms with Gasteiger partial charge in [0.2, 0.25) is 0 Å². The van der Waals surface area contributed by atoms with Crippen LogP contribution < -0.4 is 0 Å². The third-order valence-corrected chi connectivity index (χ3v) is 6.25. The van der Waals surface area contributed by atoms with Gasteiger partial charge in [0, 0.05) is 14.2 Å². The molecule has 178 valence electrons. The molecular weight excluding hydrogens is 356 g/mol. The molecule has 0 aromatic carbocycles. The number of hydrogen-bond donors (Lipinski definition) is 2. The Labute approximate surface area is 185 Å². The molecule has 0 radical (unpaired) electrons. The van der Waals surface area contributed by atoms with Crippen molar-refractivity contribution in [2.24, 2.45) is 0 Å². The van der Waals surface area contributed by atoms with Crippen molar-refractivity contribution in [1.82, 2.24) is 0 Å². The molecule has 5 aliphatic carbocycles. The van der Waals surface area contributed by atoms with Crippen molar-refractivity contribution in [2.75, 3.05) is 14.2 Å².